The van der Waals surface area contributed by atoms with E-state index in [0.29, 0.717) is 18.8 Å². The second kappa shape index (κ2) is 11.0. The van der Waals surface area contributed by atoms with Gasteiger partial charge in [0.1, 0.15) is 0 Å². The molecule has 0 fully saturated rings. The van der Waals surface area contributed by atoms with Crippen molar-refractivity contribution < 1.29 is 14.7 Å². The minimum absolute atomic E-state index is 0.149. The van der Waals surface area contributed by atoms with Gasteiger partial charge in [0.2, 0.25) is 5.91 Å². The molecule has 1 aromatic carbocycles. The van der Waals surface area contributed by atoms with Crippen LogP contribution in [0.1, 0.15) is 75.7 Å². The van der Waals surface area contributed by atoms with Crippen molar-refractivity contribution in [3.05, 3.63) is 59.2 Å². The molecule has 2 unspecified atom stereocenters. The molecule has 0 saturated carbocycles. The van der Waals surface area contributed by atoms with Crippen LogP contribution in [0.15, 0.2) is 53.6 Å². The first-order valence-electron chi connectivity index (χ1n) is 11.0. The van der Waals surface area contributed by atoms with Crippen LogP contribution in [0, 0.1) is 5.92 Å². The maximum atomic E-state index is 12.3. The smallest absolute Gasteiger partial charge is 0.311 e. The molecule has 0 spiro atoms. The average molecular weight is 396 g/mol. The van der Waals surface area contributed by atoms with Crippen molar-refractivity contribution in [1.29, 1.82) is 0 Å². The number of nitrogens with one attached hydrogen (secondary N) is 1. The van der Waals surface area contributed by atoms with Gasteiger partial charge in [0, 0.05) is 13.0 Å². The molecule has 1 aromatic rings. The summed E-state index contributed by atoms with van der Waals surface area (Å²) in [4.78, 5) is 24.0. The molecular formula is C25H33NO3. The summed E-state index contributed by atoms with van der Waals surface area (Å²) in [5, 5.41) is 12.7. The lowest BCUT2D eigenvalue weighted by molar-refractivity contribution is -0.138. The van der Waals surface area contributed by atoms with Crippen molar-refractivity contribution in [3.8, 4) is 0 Å². The number of carbonyl (C=O) groups is 2. The van der Waals surface area contributed by atoms with Gasteiger partial charge in [0.15, 0.2) is 0 Å². The summed E-state index contributed by atoms with van der Waals surface area (Å²) in [6, 6.07) is 9.46. The van der Waals surface area contributed by atoms with Gasteiger partial charge in [-0.1, -0.05) is 53.6 Å². The third kappa shape index (κ3) is 6.88. The zero-order valence-corrected chi connectivity index (χ0v) is 17.2. The van der Waals surface area contributed by atoms with E-state index in [4.69, 9.17) is 0 Å². The van der Waals surface area contributed by atoms with Gasteiger partial charge in [-0.25, -0.2) is 0 Å². The third-order valence-electron chi connectivity index (χ3n) is 6.21. The summed E-state index contributed by atoms with van der Waals surface area (Å²) in [5.74, 6) is -0.744. The number of carboxylic acid groups (broad SMARTS) is 1. The van der Waals surface area contributed by atoms with Crippen LogP contribution in [0.4, 0.5) is 0 Å². The number of rotatable bonds is 9. The number of hydrogen-bond acceptors (Lipinski definition) is 2. The van der Waals surface area contributed by atoms with E-state index in [1.807, 2.05) is 30.3 Å². The predicted molar refractivity (Wildman–Crippen MR) is 116 cm³/mol. The number of benzene rings is 1. The summed E-state index contributed by atoms with van der Waals surface area (Å²) in [5.41, 5.74) is 3.56. The average Bonchev–Trinajstić information content (AvgIpc) is 2.74. The maximum absolute atomic E-state index is 12.3. The first kappa shape index (κ1) is 21.4. The van der Waals surface area contributed by atoms with Crippen LogP contribution in [0.25, 0.3) is 0 Å². The highest BCUT2D eigenvalue weighted by atomic mass is 16.4. The van der Waals surface area contributed by atoms with E-state index in [9.17, 15) is 14.7 Å². The van der Waals surface area contributed by atoms with E-state index in [2.05, 4.69) is 17.5 Å². The van der Waals surface area contributed by atoms with Crippen LogP contribution in [-0.2, 0) is 9.59 Å². The molecule has 0 aliphatic heterocycles. The molecule has 0 saturated heterocycles. The Morgan fingerprint density at radius 1 is 1.07 bits per heavy atom. The Kier molecular flexibility index (Phi) is 8.09. The monoisotopic (exact) mass is 395 g/mol. The molecule has 2 N–H and O–H groups in total. The molecule has 0 radical (unpaired) electrons. The normalized spacial score (nSPS) is 20.3. The molecule has 0 bridgehead atoms. The summed E-state index contributed by atoms with van der Waals surface area (Å²) in [6.45, 7) is 0.746. The van der Waals surface area contributed by atoms with Gasteiger partial charge in [0.25, 0.3) is 0 Å². The van der Waals surface area contributed by atoms with Crippen LogP contribution in [0.2, 0.25) is 0 Å². The standard InChI is InChI=1S/C25H33NO3/c27-24(26-16-15-19-7-3-1-4-8-19)18-21-13-11-20(12-14-21)17-23(25(28)29)22-9-5-2-6-10-22/h2,5-7,9-11,21,23H,1,3-4,8,12-18H2,(H,26,27)(H,28,29). The number of amides is 1. The minimum Gasteiger partial charge on any atom is -0.481 e. The Morgan fingerprint density at radius 2 is 1.90 bits per heavy atom. The molecule has 2 aliphatic rings. The Bertz CT molecular complexity index is 751. The second-order valence-corrected chi connectivity index (χ2v) is 8.42. The van der Waals surface area contributed by atoms with Crippen molar-refractivity contribution in [2.75, 3.05) is 6.54 Å². The predicted octanol–water partition coefficient (Wildman–Crippen LogP) is 5.37. The largest absolute Gasteiger partial charge is 0.481 e. The summed E-state index contributed by atoms with van der Waals surface area (Å²) < 4.78 is 0. The van der Waals surface area contributed by atoms with Gasteiger partial charge in [0.05, 0.1) is 5.92 Å². The van der Waals surface area contributed by atoms with Gasteiger partial charge in [-0.05, 0) is 69.3 Å². The number of carbonyl (C=O) groups excluding carboxylic acids is 1. The van der Waals surface area contributed by atoms with Crippen LogP contribution < -0.4 is 5.32 Å². The van der Waals surface area contributed by atoms with Gasteiger partial charge < -0.3 is 10.4 Å². The number of carboxylic acids is 1. The van der Waals surface area contributed by atoms with Crippen LogP contribution in [0.5, 0.6) is 0 Å². The van der Waals surface area contributed by atoms with Gasteiger partial charge in [-0.15, -0.1) is 0 Å². The molecule has 4 nitrogen and oxygen atoms in total. The highest BCUT2D eigenvalue weighted by molar-refractivity contribution is 5.77. The van der Waals surface area contributed by atoms with Crippen molar-refractivity contribution in [2.24, 2.45) is 5.92 Å². The molecule has 3 rings (SSSR count). The van der Waals surface area contributed by atoms with E-state index in [-0.39, 0.29) is 5.91 Å². The Morgan fingerprint density at radius 3 is 2.55 bits per heavy atom. The zero-order chi connectivity index (χ0) is 20.5. The summed E-state index contributed by atoms with van der Waals surface area (Å²) >= 11 is 0. The fourth-order valence-electron chi connectivity index (χ4n) is 4.44. The second-order valence-electron chi connectivity index (χ2n) is 8.42. The van der Waals surface area contributed by atoms with E-state index >= 15 is 0 Å². The fraction of sp³-hybridized carbons (Fsp3) is 0.520. The lowest BCUT2D eigenvalue weighted by Gasteiger charge is -2.23. The van der Waals surface area contributed by atoms with Crippen LogP contribution in [0.3, 0.4) is 0 Å². The molecule has 2 atom stereocenters. The molecule has 0 heterocycles. The lowest BCUT2D eigenvalue weighted by Crippen LogP contribution is -2.27. The SMILES string of the molecule is O=C(CC1CC=C(CC(C(=O)O)c2ccccc2)CC1)NCCC1=CCCCC1. The Balaban J connectivity index is 1.42. The fourth-order valence-corrected chi connectivity index (χ4v) is 4.44. The zero-order valence-electron chi connectivity index (χ0n) is 17.2. The van der Waals surface area contributed by atoms with Crippen LogP contribution in [-0.4, -0.2) is 23.5 Å². The highest BCUT2D eigenvalue weighted by Gasteiger charge is 2.24. The Hall–Kier alpha value is -2.36. The lowest BCUT2D eigenvalue weighted by atomic mass is 9.82. The van der Waals surface area contributed by atoms with Gasteiger partial charge in [-0.2, -0.15) is 0 Å². The van der Waals surface area contributed by atoms with Crippen molar-refractivity contribution in [2.45, 2.75) is 70.1 Å². The summed E-state index contributed by atoms with van der Waals surface area (Å²) in [7, 11) is 0. The van der Waals surface area contributed by atoms with Gasteiger partial charge in [-0.3, -0.25) is 9.59 Å². The molecule has 0 aromatic heterocycles. The summed E-state index contributed by atoms with van der Waals surface area (Å²) in [6.07, 6.45) is 14.3. The number of aliphatic carboxylic acids is 1. The topological polar surface area (TPSA) is 66.4 Å². The molecule has 2 aliphatic carbocycles. The highest BCUT2D eigenvalue weighted by Crippen LogP contribution is 2.32. The Labute approximate surface area is 174 Å². The number of allylic oxidation sites excluding steroid dienone is 3. The van der Waals surface area contributed by atoms with Gasteiger partial charge >= 0.3 is 5.97 Å². The molecular weight excluding hydrogens is 362 g/mol. The molecule has 4 heteroatoms. The minimum atomic E-state index is -0.772. The van der Waals surface area contributed by atoms with Crippen molar-refractivity contribution in [1.82, 2.24) is 5.32 Å². The first-order chi connectivity index (χ1) is 14.1. The molecule has 1 amide bonds. The van der Waals surface area contributed by atoms with E-state index in [0.717, 1.165) is 37.8 Å². The number of hydrogen-bond donors (Lipinski definition) is 2. The van der Waals surface area contributed by atoms with E-state index < -0.39 is 11.9 Å². The van der Waals surface area contributed by atoms with Crippen molar-refractivity contribution in [3.63, 3.8) is 0 Å². The van der Waals surface area contributed by atoms with E-state index in [1.165, 1.54) is 36.8 Å². The quantitative estimate of drug-likeness (QED) is 0.553. The van der Waals surface area contributed by atoms with E-state index in [1.54, 1.807) is 0 Å². The first-order valence-corrected chi connectivity index (χ1v) is 11.0. The van der Waals surface area contributed by atoms with Crippen molar-refractivity contribution >= 4 is 11.9 Å². The molecule has 29 heavy (non-hydrogen) atoms. The molecule has 156 valence electrons. The maximum Gasteiger partial charge on any atom is 0.311 e. The third-order valence-corrected chi connectivity index (χ3v) is 6.21. The van der Waals surface area contributed by atoms with Crippen LogP contribution >= 0.6 is 0 Å².